The smallest absolute Gasteiger partial charge is 0.268 e. The molecule has 0 aliphatic heterocycles. The highest BCUT2D eigenvalue weighted by molar-refractivity contribution is 7.98. The van der Waals surface area contributed by atoms with Crippen molar-refractivity contribution < 1.29 is 13.6 Å². The van der Waals surface area contributed by atoms with Crippen molar-refractivity contribution in [3.05, 3.63) is 52.7 Å². The van der Waals surface area contributed by atoms with E-state index in [1.54, 1.807) is 12.1 Å². The number of furan rings is 1. The molecule has 100 valence electrons. The van der Waals surface area contributed by atoms with E-state index >= 15 is 0 Å². The molecule has 0 spiro atoms. The van der Waals surface area contributed by atoms with Crippen LogP contribution in [0.15, 0.2) is 39.8 Å². The number of nitrogen functional groups attached to an aromatic ring is 1. The maximum atomic E-state index is 13.0. The lowest BCUT2D eigenvalue weighted by molar-refractivity contribution is 0.0953. The van der Waals surface area contributed by atoms with Crippen LogP contribution in [-0.4, -0.2) is 5.91 Å². The van der Waals surface area contributed by atoms with Gasteiger partial charge in [0.1, 0.15) is 17.8 Å². The molecule has 2 rings (SSSR count). The number of carbonyl (C=O) groups is 1. The van der Waals surface area contributed by atoms with Crippen LogP contribution in [0.4, 0.5) is 4.39 Å². The van der Waals surface area contributed by atoms with Crippen LogP contribution in [0, 0.1) is 5.82 Å². The first-order chi connectivity index (χ1) is 9.10. The van der Waals surface area contributed by atoms with Gasteiger partial charge in [-0.25, -0.2) is 10.2 Å². The van der Waals surface area contributed by atoms with Gasteiger partial charge in [0.25, 0.3) is 5.91 Å². The van der Waals surface area contributed by atoms with Gasteiger partial charge in [-0.3, -0.25) is 10.2 Å². The lowest BCUT2D eigenvalue weighted by Gasteiger charge is -2.00. The fourth-order valence-electron chi connectivity index (χ4n) is 1.38. The number of carbonyl (C=O) groups excluding carboxylic acids is 1. The van der Waals surface area contributed by atoms with E-state index in [9.17, 15) is 9.18 Å². The molecule has 2 aromatic rings. The number of rotatable bonds is 4. The van der Waals surface area contributed by atoms with Crippen LogP contribution in [-0.2, 0) is 5.75 Å². The second kappa shape index (κ2) is 6.10. The van der Waals surface area contributed by atoms with Crippen molar-refractivity contribution in [1.82, 2.24) is 5.43 Å². The monoisotopic (exact) mass is 300 g/mol. The Morgan fingerprint density at radius 1 is 1.47 bits per heavy atom. The summed E-state index contributed by atoms with van der Waals surface area (Å²) in [5, 5.41) is 0.0765. The molecule has 0 unspecified atom stereocenters. The summed E-state index contributed by atoms with van der Waals surface area (Å²) in [6.07, 6.45) is 1.33. The molecule has 1 heterocycles. The molecule has 0 fully saturated rings. The standard InChI is InChI=1S/C12H10ClFN2O2S/c13-10-4-9(1-2-11(10)14)19-6-8-3-7(5-18-8)12(17)16-15/h1-5H,6,15H2,(H,16,17). The van der Waals surface area contributed by atoms with Gasteiger partial charge in [-0.15, -0.1) is 11.8 Å². The summed E-state index contributed by atoms with van der Waals surface area (Å²) in [7, 11) is 0. The minimum absolute atomic E-state index is 0.0765. The van der Waals surface area contributed by atoms with E-state index in [2.05, 4.69) is 0 Å². The molecule has 0 aliphatic carbocycles. The van der Waals surface area contributed by atoms with Gasteiger partial charge in [-0.1, -0.05) is 11.6 Å². The fraction of sp³-hybridized carbons (Fsp3) is 0.0833. The van der Waals surface area contributed by atoms with Crippen LogP contribution >= 0.6 is 23.4 Å². The molecule has 7 heteroatoms. The zero-order valence-electron chi connectivity index (χ0n) is 9.65. The summed E-state index contributed by atoms with van der Waals surface area (Å²) in [6, 6.07) is 6.07. The van der Waals surface area contributed by atoms with Crippen molar-refractivity contribution in [2.45, 2.75) is 10.6 Å². The zero-order valence-corrected chi connectivity index (χ0v) is 11.2. The van der Waals surface area contributed by atoms with Crippen LogP contribution in [0.2, 0.25) is 5.02 Å². The molecule has 19 heavy (non-hydrogen) atoms. The van der Waals surface area contributed by atoms with Crippen LogP contribution in [0.3, 0.4) is 0 Å². The highest BCUT2D eigenvalue weighted by Crippen LogP contribution is 2.27. The van der Waals surface area contributed by atoms with Crippen molar-refractivity contribution in [1.29, 1.82) is 0 Å². The minimum Gasteiger partial charge on any atom is -0.468 e. The molecule has 1 aromatic carbocycles. The van der Waals surface area contributed by atoms with Crippen LogP contribution in [0.25, 0.3) is 0 Å². The Bertz CT molecular complexity index is 603. The maximum absolute atomic E-state index is 13.0. The van der Waals surface area contributed by atoms with Gasteiger partial charge >= 0.3 is 0 Å². The first-order valence-corrected chi connectivity index (χ1v) is 6.62. The molecule has 4 nitrogen and oxygen atoms in total. The summed E-state index contributed by atoms with van der Waals surface area (Å²) < 4.78 is 18.2. The van der Waals surface area contributed by atoms with Crippen molar-refractivity contribution in [2.75, 3.05) is 0 Å². The Hall–Kier alpha value is -1.50. The van der Waals surface area contributed by atoms with E-state index in [1.807, 2.05) is 5.43 Å². The Morgan fingerprint density at radius 3 is 2.95 bits per heavy atom. The number of halogens is 2. The van der Waals surface area contributed by atoms with Crippen molar-refractivity contribution in [3.8, 4) is 0 Å². The molecule has 0 aliphatic rings. The van der Waals surface area contributed by atoms with Gasteiger partial charge in [0, 0.05) is 4.90 Å². The average molecular weight is 301 g/mol. The predicted octanol–water partition coefficient (Wildman–Crippen LogP) is 2.97. The number of thioether (sulfide) groups is 1. The average Bonchev–Trinajstić information content (AvgIpc) is 2.88. The van der Waals surface area contributed by atoms with Crippen LogP contribution in [0.1, 0.15) is 16.1 Å². The molecular formula is C12H10ClFN2O2S. The number of nitrogens with one attached hydrogen (secondary N) is 1. The van der Waals surface area contributed by atoms with E-state index in [4.69, 9.17) is 21.9 Å². The zero-order chi connectivity index (χ0) is 13.8. The highest BCUT2D eigenvalue weighted by Gasteiger charge is 2.09. The topological polar surface area (TPSA) is 68.3 Å². The van der Waals surface area contributed by atoms with Crippen LogP contribution in [0.5, 0.6) is 0 Å². The number of amides is 1. The molecule has 1 amide bonds. The van der Waals surface area contributed by atoms with Gasteiger partial charge in [-0.05, 0) is 24.3 Å². The van der Waals surface area contributed by atoms with Crippen LogP contribution < -0.4 is 11.3 Å². The Kier molecular flexibility index (Phi) is 4.47. The first kappa shape index (κ1) is 13.9. The lowest BCUT2D eigenvalue weighted by Crippen LogP contribution is -2.29. The van der Waals surface area contributed by atoms with Crippen molar-refractivity contribution in [3.63, 3.8) is 0 Å². The second-order valence-corrected chi connectivity index (χ2v) is 5.10. The van der Waals surface area contributed by atoms with Gasteiger partial charge in [-0.2, -0.15) is 0 Å². The van der Waals surface area contributed by atoms with Crippen molar-refractivity contribution in [2.24, 2.45) is 5.84 Å². The maximum Gasteiger partial charge on any atom is 0.268 e. The number of hydrogen-bond acceptors (Lipinski definition) is 4. The summed E-state index contributed by atoms with van der Waals surface area (Å²) >= 11 is 7.10. The quantitative estimate of drug-likeness (QED) is 0.394. The predicted molar refractivity (Wildman–Crippen MR) is 71.3 cm³/mol. The Balaban J connectivity index is 2.00. The lowest BCUT2D eigenvalue weighted by atomic mass is 10.3. The van der Waals surface area contributed by atoms with E-state index in [1.165, 1.54) is 30.2 Å². The normalized spacial score (nSPS) is 10.5. The third-order valence-corrected chi connectivity index (χ3v) is 3.62. The van der Waals surface area contributed by atoms with E-state index < -0.39 is 11.7 Å². The molecule has 0 bridgehead atoms. The molecule has 0 saturated heterocycles. The molecule has 1 aromatic heterocycles. The van der Waals surface area contributed by atoms with Gasteiger partial charge < -0.3 is 4.42 Å². The number of nitrogens with two attached hydrogens (primary N) is 1. The fourth-order valence-corrected chi connectivity index (χ4v) is 2.45. The molecular weight excluding hydrogens is 291 g/mol. The summed E-state index contributed by atoms with van der Waals surface area (Å²) in [5.74, 6) is 5.26. The summed E-state index contributed by atoms with van der Waals surface area (Å²) in [5.41, 5.74) is 2.37. The van der Waals surface area contributed by atoms with E-state index in [0.29, 0.717) is 17.1 Å². The molecule has 0 atom stereocenters. The highest BCUT2D eigenvalue weighted by atomic mass is 35.5. The van der Waals surface area contributed by atoms with Gasteiger partial charge in [0.15, 0.2) is 0 Å². The molecule has 0 radical (unpaired) electrons. The van der Waals surface area contributed by atoms with E-state index in [-0.39, 0.29) is 5.02 Å². The summed E-state index contributed by atoms with van der Waals surface area (Å²) in [6.45, 7) is 0. The van der Waals surface area contributed by atoms with Gasteiger partial charge in [0.2, 0.25) is 0 Å². The number of hydrazine groups is 1. The van der Waals surface area contributed by atoms with Gasteiger partial charge in [0.05, 0.1) is 16.3 Å². The first-order valence-electron chi connectivity index (χ1n) is 5.26. The third-order valence-electron chi connectivity index (χ3n) is 2.32. The minimum atomic E-state index is -0.453. The Morgan fingerprint density at radius 2 is 2.26 bits per heavy atom. The third kappa shape index (κ3) is 3.50. The summed E-state index contributed by atoms with van der Waals surface area (Å²) in [4.78, 5) is 12.0. The SMILES string of the molecule is NNC(=O)c1coc(CSc2ccc(F)c(Cl)c2)c1. The number of benzene rings is 1. The largest absolute Gasteiger partial charge is 0.468 e. The van der Waals surface area contributed by atoms with E-state index in [0.717, 1.165) is 4.90 Å². The second-order valence-electron chi connectivity index (χ2n) is 3.64. The van der Waals surface area contributed by atoms with Crippen molar-refractivity contribution >= 4 is 29.3 Å². The molecule has 3 N–H and O–H groups in total. The Labute approximate surface area is 118 Å². The molecule has 0 saturated carbocycles. The number of hydrogen-bond donors (Lipinski definition) is 2.